The van der Waals surface area contributed by atoms with Crippen LogP contribution in [0.3, 0.4) is 0 Å². The van der Waals surface area contributed by atoms with Crippen LogP contribution in [0.1, 0.15) is 11.1 Å². The van der Waals surface area contributed by atoms with Crippen molar-refractivity contribution in [3.8, 4) is 0 Å². The summed E-state index contributed by atoms with van der Waals surface area (Å²) in [7, 11) is 0. The highest BCUT2D eigenvalue weighted by Crippen LogP contribution is 2.12. The van der Waals surface area contributed by atoms with Crippen LogP contribution in [0.25, 0.3) is 0 Å². The molecule has 0 radical (unpaired) electrons. The standard InChI is InChI=1S/C13H20N2O/c16-10-5-12-3-1-2-4-13(12)11-15-8-6-14-7-9-15/h1-4,14,16H,5-11H2. The molecule has 0 spiro atoms. The highest BCUT2D eigenvalue weighted by molar-refractivity contribution is 5.27. The van der Waals surface area contributed by atoms with Crippen molar-refractivity contribution in [2.45, 2.75) is 13.0 Å². The normalized spacial score (nSPS) is 17.6. The van der Waals surface area contributed by atoms with Crippen LogP contribution in [0, 0.1) is 0 Å². The fourth-order valence-corrected chi connectivity index (χ4v) is 2.19. The van der Waals surface area contributed by atoms with Gasteiger partial charge in [-0.05, 0) is 17.5 Å². The molecule has 1 fully saturated rings. The number of hydrogen-bond donors (Lipinski definition) is 2. The van der Waals surface area contributed by atoms with Gasteiger partial charge in [0.05, 0.1) is 0 Å². The maximum atomic E-state index is 9.03. The monoisotopic (exact) mass is 220 g/mol. The van der Waals surface area contributed by atoms with Gasteiger partial charge in [0.15, 0.2) is 0 Å². The minimum Gasteiger partial charge on any atom is -0.396 e. The third kappa shape index (κ3) is 3.04. The summed E-state index contributed by atoms with van der Waals surface area (Å²) in [6.45, 7) is 5.65. The average molecular weight is 220 g/mol. The zero-order valence-electron chi connectivity index (χ0n) is 9.65. The van der Waals surface area contributed by atoms with E-state index in [9.17, 15) is 0 Å². The van der Waals surface area contributed by atoms with Crippen LogP contribution in [-0.2, 0) is 13.0 Å². The molecule has 1 heterocycles. The second kappa shape index (κ2) is 5.99. The Hall–Kier alpha value is -0.900. The summed E-state index contributed by atoms with van der Waals surface area (Å²) in [6, 6.07) is 8.42. The Bertz CT molecular complexity index is 321. The summed E-state index contributed by atoms with van der Waals surface area (Å²) in [5, 5.41) is 12.4. The van der Waals surface area contributed by atoms with Gasteiger partial charge in [-0.3, -0.25) is 4.90 Å². The van der Waals surface area contributed by atoms with Gasteiger partial charge < -0.3 is 10.4 Å². The summed E-state index contributed by atoms with van der Waals surface area (Å²) in [5.41, 5.74) is 2.64. The first-order chi connectivity index (χ1) is 7.90. The molecule has 0 saturated carbocycles. The van der Waals surface area contributed by atoms with Gasteiger partial charge in [-0.15, -0.1) is 0 Å². The SMILES string of the molecule is OCCc1ccccc1CN1CCNCC1. The van der Waals surface area contributed by atoms with Crippen LogP contribution < -0.4 is 5.32 Å². The maximum absolute atomic E-state index is 9.03. The van der Waals surface area contributed by atoms with Crippen molar-refractivity contribution in [1.29, 1.82) is 0 Å². The number of aliphatic hydroxyl groups is 1. The van der Waals surface area contributed by atoms with Gasteiger partial charge in [-0.1, -0.05) is 24.3 Å². The number of nitrogens with one attached hydrogen (secondary N) is 1. The first kappa shape index (κ1) is 11.6. The molecule has 1 aliphatic heterocycles. The van der Waals surface area contributed by atoms with E-state index >= 15 is 0 Å². The smallest absolute Gasteiger partial charge is 0.0471 e. The van der Waals surface area contributed by atoms with Crippen LogP contribution in [-0.4, -0.2) is 42.8 Å². The summed E-state index contributed by atoms with van der Waals surface area (Å²) >= 11 is 0. The van der Waals surface area contributed by atoms with E-state index < -0.39 is 0 Å². The van der Waals surface area contributed by atoms with E-state index in [-0.39, 0.29) is 6.61 Å². The molecule has 0 unspecified atom stereocenters. The Balaban J connectivity index is 2.01. The van der Waals surface area contributed by atoms with Crippen molar-refractivity contribution in [2.24, 2.45) is 0 Å². The molecule has 0 aliphatic carbocycles. The number of aliphatic hydroxyl groups excluding tert-OH is 1. The van der Waals surface area contributed by atoms with E-state index in [2.05, 4.69) is 28.4 Å². The average Bonchev–Trinajstić information content (AvgIpc) is 2.33. The van der Waals surface area contributed by atoms with Gasteiger partial charge >= 0.3 is 0 Å². The summed E-state index contributed by atoms with van der Waals surface area (Å²) < 4.78 is 0. The van der Waals surface area contributed by atoms with E-state index in [0.717, 1.165) is 39.1 Å². The first-order valence-corrected chi connectivity index (χ1v) is 6.01. The third-order valence-corrected chi connectivity index (χ3v) is 3.10. The van der Waals surface area contributed by atoms with E-state index in [0.29, 0.717) is 0 Å². The summed E-state index contributed by atoms with van der Waals surface area (Å²) in [4.78, 5) is 2.46. The largest absolute Gasteiger partial charge is 0.396 e. The van der Waals surface area contributed by atoms with Crippen molar-refractivity contribution in [3.05, 3.63) is 35.4 Å². The van der Waals surface area contributed by atoms with Crippen LogP contribution in [0.4, 0.5) is 0 Å². The van der Waals surface area contributed by atoms with Gasteiger partial charge in [-0.2, -0.15) is 0 Å². The highest BCUT2D eigenvalue weighted by Gasteiger charge is 2.11. The molecule has 0 amide bonds. The quantitative estimate of drug-likeness (QED) is 0.781. The Labute approximate surface area is 97.1 Å². The first-order valence-electron chi connectivity index (χ1n) is 6.01. The van der Waals surface area contributed by atoms with E-state index in [1.54, 1.807) is 0 Å². The zero-order valence-corrected chi connectivity index (χ0v) is 9.65. The van der Waals surface area contributed by atoms with E-state index in [4.69, 9.17) is 5.11 Å². The van der Waals surface area contributed by atoms with Crippen molar-refractivity contribution < 1.29 is 5.11 Å². The van der Waals surface area contributed by atoms with Crippen LogP contribution in [0.15, 0.2) is 24.3 Å². The predicted octanol–water partition coefficient (Wildman–Crippen LogP) is 0.627. The topological polar surface area (TPSA) is 35.5 Å². The van der Waals surface area contributed by atoms with Crippen molar-refractivity contribution in [1.82, 2.24) is 10.2 Å². The van der Waals surface area contributed by atoms with Crippen molar-refractivity contribution in [2.75, 3.05) is 32.8 Å². The van der Waals surface area contributed by atoms with Gasteiger partial charge in [-0.25, -0.2) is 0 Å². The second-order valence-corrected chi connectivity index (χ2v) is 4.27. The van der Waals surface area contributed by atoms with Crippen molar-refractivity contribution >= 4 is 0 Å². The molecule has 3 heteroatoms. The third-order valence-electron chi connectivity index (χ3n) is 3.10. The molecule has 0 aromatic heterocycles. The van der Waals surface area contributed by atoms with E-state index in [1.807, 2.05) is 6.07 Å². The lowest BCUT2D eigenvalue weighted by Gasteiger charge is -2.28. The molecular formula is C13H20N2O. The molecule has 16 heavy (non-hydrogen) atoms. The lowest BCUT2D eigenvalue weighted by atomic mass is 10.0. The molecule has 0 bridgehead atoms. The Morgan fingerprint density at radius 2 is 1.81 bits per heavy atom. The number of piperazine rings is 1. The van der Waals surface area contributed by atoms with Gasteiger partial charge in [0, 0.05) is 39.3 Å². The Morgan fingerprint density at radius 1 is 1.12 bits per heavy atom. The Morgan fingerprint density at radius 3 is 2.50 bits per heavy atom. The lowest BCUT2D eigenvalue weighted by molar-refractivity contribution is 0.232. The number of rotatable bonds is 4. The minimum atomic E-state index is 0.235. The molecular weight excluding hydrogens is 200 g/mol. The molecule has 1 saturated heterocycles. The molecule has 2 rings (SSSR count). The molecule has 2 N–H and O–H groups in total. The van der Waals surface area contributed by atoms with Crippen LogP contribution in [0.5, 0.6) is 0 Å². The summed E-state index contributed by atoms with van der Waals surface area (Å²) in [5.74, 6) is 0. The number of nitrogens with zero attached hydrogens (tertiary/aromatic N) is 1. The van der Waals surface area contributed by atoms with Gasteiger partial charge in [0.2, 0.25) is 0 Å². The van der Waals surface area contributed by atoms with Crippen LogP contribution in [0.2, 0.25) is 0 Å². The molecule has 0 atom stereocenters. The second-order valence-electron chi connectivity index (χ2n) is 4.27. The lowest BCUT2D eigenvalue weighted by Crippen LogP contribution is -2.43. The maximum Gasteiger partial charge on any atom is 0.0471 e. The fraction of sp³-hybridized carbons (Fsp3) is 0.538. The molecule has 3 nitrogen and oxygen atoms in total. The fourth-order valence-electron chi connectivity index (χ4n) is 2.19. The molecule has 1 aromatic rings. The number of hydrogen-bond acceptors (Lipinski definition) is 3. The van der Waals surface area contributed by atoms with Gasteiger partial charge in [0.25, 0.3) is 0 Å². The predicted molar refractivity (Wildman–Crippen MR) is 65.4 cm³/mol. The zero-order chi connectivity index (χ0) is 11.2. The molecule has 88 valence electrons. The Kier molecular flexibility index (Phi) is 4.34. The summed E-state index contributed by atoms with van der Waals surface area (Å²) in [6.07, 6.45) is 0.766. The number of benzene rings is 1. The molecule has 1 aliphatic rings. The van der Waals surface area contributed by atoms with Gasteiger partial charge in [0.1, 0.15) is 0 Å². The van der Waals surface area contributed by atoms with E-state index in [1.165, 1.54) is 11.1 Å². The minimum absolute atomic E-state index is 0.235. The highest BCUT2D eigenvalue weighted by atomic mass is 16.2. The molecule has 1 aromatic carbocycles. The van der Waals surface area contributed by atoms with Crippen molar-refractivity contribution in [3.63, 3.8) is 0 Å². The van der Waals surface area contributed by atoms with Crippen LogP contribution >= 0.6 is 0 Å².